The third-order valence-electron chi connectivity index (χ3n) is 2.11. The Balaban J connectivity index is 2.62. The second kappa shape index (κ2) is 4.92. The molecule has 1 aliphatic rings. The second-order valence-electron chi connectivity index (χ2n) is 3.11. The van der Waals surface area contributed by atoms with Crippen LogP contribution in [-0.2, 0) is 14.3 Å². The monoisotopic (exact) mass is 201 g/mol. The minimum atomic E-state index is -0.621. The van der Waals surface area contributed by atoms with Crippen LogP contribution in [0.15, 0.2) is 0 Å². The van der Waals surface area contributed by atoms with Crippen LogP contribution in [0.2, 0.25) is 0 Å². The van der Waals surface area contributed by atoms with Crippen LogP contribution in [0.3, 0.4) is 0 Å². The van der Waals surface area contributed by atoms with Gasteiger partial charge in [-0.3, -0.25) is 9.59 Å². The quantitative estimate of drug-likeness (QED) is 0.549. The SMILES string of the molecule is CNCC(=O)N1CCOCC1C(N)=O. The molecule has 0 spiro atoms. The highest BCUT2D eigenvalue weighted by atomic mass is 16.5. The van der Waals surface area contributed by atoms with E-state index in [1.165, 1.54) is 4.90 Å². The number of rotatable bonds is 3. The molecule has 0 aromatic heterocycles. The van der Waals surface area contributed by atoms with Crippen molar-refractivity contribution in [2.75, 3.05) is 33.4 Å². The Morgan fingerprint density at radius 3 is 2.93 bits per heavy atom. The number of primary amides is 1. The summed E-state index contributed by atoms with van der Waals surface area (Å²) >= 11 is 0. The second-order valence-corrected chi connectivity index (χ2v) is 3.11. The molecule has 0 radical (unpaired) electrons. The summed E-state index contributed by atoms with van der Waals surface area (Å²) in [4.78, 5) is 24.0. The molecule has 1 unspecified atom stereocenters. The molecule has 1 aliphatic heterocycles. The fraction of sp³-hybridized carbons (Fsp3) is 0.750. The molecule has 3 N–H and O–H groups in total. The van der Waals surface area contributed by atoms with Gasteiger partial charge >= 0.3 is 0 Å². The fourth-order valence-electron chi connectivity index (χ4n) is 1.39. The smallest absolute Gasteiger partial charge is 0.242 e. The summed E-state index contributed by atoms with van der Waals surface area (Å²) in [5.41, 5.74) is 5.16. The van der Waals surface area contributed by atoms with E-state index >= 15 is 0 Å². The number of carbonyl (C=O) groups is 2. The fourth-order valence-corrected chi connectivity index (χ4v) is 1.39. The van der Waals surface area contributed by atoms with Crippen LogP contribution in [0.1, 0.15) is 0 Å². The highest BCUT2D eigenvalue weighted by Crippen LogP contribution is 2.06. The molecule has 14 heavy (non-hydrogen) atoms. The molecule has 0 saturated carbocycles. The van der Waals surface area contributed by atoms with Gasteiger partial charge in [-0.05, 0) is 7.05 Å². The van der Waals surface area contributed by atoms with Gasteiger partial charge in [0.2, 0.25) is 11.8 Å². The van der Waals surface area contributed by atoms with Gasteiger partial charge in [0.1, 0.15) is 6.04 Å². The van der Waals surface area contributed by atoms with Crippen molar-refractivity contribution in [1.29, 1.82) is 0 Å². The lowest BCUT2D eigenvalue weighted by Crippen LogP contribution is -2.56. The van der Waals surface area contributed by atoms with E-state index in [-0.39, 0.29) is 19.1 Å². The Kier molecular flexibility index (Phi) is 3.84. The molecule has 0 bridgehead atoms. The first-order chi connectivity index (χ1) is 6.66. The van der Waals surface area contributed by atoms with Crippen molar-refractivity contribution in [3.05, 3.63) is 0 Å². The molecule has 1 atom stereocenters. The third-order valence-corrected chi connectivity index (χ3v) is 2.11. The maximum Gasteiger partial charge on any atom is 0.242 e. The highest BCUT2D eigenvalue weighted by molar-refractivity contribution is 5.87. The van der Waals surface area contributed by atoms with Crippen LogP contribution in [0.5, 0.6) is 0 Å². The molecule has 6 nitrogen and oxygen atoms in total. The summed E-state index contributed by atoms with van der Waals surface area (Å²) in [6.07, 6.45) is 0. The van der Waals surface area contributed by atoms with E-state index < -0.39 is 11.9 Å². The molecular formula is C8H15N3O3. The molecule has 2 amide bonds. The summed E-state index contributed by atoms with van der Waals surface area (Å²) in [7, 11) is 1.68. The summed E-state index contributed by atoms with van der Waals surface area (Å²) < 4.78 is 5.09. The number of nitrogens with two attached hydrogens (primary N) is 1. The first-order valence-electron chi connectivity index (χ1n) is 4.48. The van der Waals surface area contributed by atoms with Gasteiger partial charge in [0, 0.05) is 6.54 Å². The molecule has 0 aromatic carbocycles. The summed E-state index contributed by atoms with van der Waals surface area (Å²) in [5, 5.41) is 2.74. The zero-order valence-corrected chi connectivity index (χ0v) is 8.16. The van der Waals surface area contributed by atoms with Gasteiger partial charge in [0.05, 0.1) is 19.8 Å². The van der Waals surface area contributed by atoms with Gasteiger partial charge in [-0.2, -0.15) is 0 Å². The van der Waals surface area contributed by atoms with E-state index in [9.17, 15) is 9.59 Å². The number of likely N-dealkylation sites (N-methyl/N-ethyl adjacent to an activating group) is 1. The first kappa shape index (κ1) is 10.9. The van der Waals surface area contributed by atoms with Crippen LogP contribution in [0.4, 0.5) is 0 Å². The Morgan fingerprint density at radius 2 is 2.36 bits per heavy atom. The zero-order valence-electron chi connectivity index (χ0n) is 8.16. The van der Waals surface area contributed by atoms with Crippen molar-refractivity contribution in [2.45, 2.75) is 6.04 Å². The van der Waals surface area contributed by atoms with Crippen molar-refractivity contribution in [2.24, 2.45) is 5.73 Å². The zero-order chi connectivity index (χ0) is 10.6. The van der Waals surface area contributed by atoms with Gasteiger partial charge in [0.25, 0.3) is 0 Å². The van der Waals surface area contributed by atoms with E-state index in [2.05, 4.69) is 5.32 Å². The van der Waals surface area contributed by atoms with Crippen molar-refractivity contribution in [3.63, 3.8) is 0 Å². The van der Waals surface area contributed by atoms with E-state index in [0.717, 1.165) is 0 Å². The number of nitrogens with one attached hydrogen (secondary N) is 1. The highest BCUT2D eigenvalue weighted by Gasteiger charge is 2.30. The van der Waals surface area contributed by atoms with Crippen molar-refractivity contribution in [3.8, 4) is 0 Å². The third kappa shape index (κ3) is 2.43. The number of carbonyl (C=O) groups excluding carboxylic acids is 2. The van der Waals surface area contributed by atoms with Gasteiger partial charge in [0.15, 0.2) is 0 Å². The Labute approximate surface area is 82.4 Å². The van der Waals surface area contributed by atoms with Gasteiger partial charge in [-0.15, -0.1) is 0 Å². The molecule has 80 valence electrons. The normalized spacial score (nSPS) is 22.1. The number of hydrogen-bond donors (Lipinski definition) is 2. The number of hydrogen-bond acceptors (Lipinski definition) is 4. The van der Waals surface area contributed by atoms with E-state index in [1.807, 2.05) is 0 Å². The minimum Gasteiger partial charge on any atom is -0.377 e. The lowest BCUT2D eigenvalue weighted by Gasteiger charge is -2.33. The lowest BCUT2D eigenvalue weighted by molar-refractivity contribution is -0.146. The number of amides is 2. The predicted molar refractivity (Wildman–Crippen MR) is 49.4 cm³/mol. The summed E-state index contributed by atoms with van der Waals surface area (Å²) in [6.45, 7) is 1.29. The molecular weight excluding hydrogens is 186 g/mol. The van der Waals surface area contributed by atoms with Gasteiger partial charge < -0.3 is 20.7 Å². The Hall–Kier alpha value is -1.14. The van der Waals surface area contributed by atoms with Crippen LogP contribution in [0, 0.1) is 0 Å². The van der Waals surface area contributed by atoms with Crippen LogP contribution in [-0.4, -0.2) is 56.1 Å². The standard InChI is InChI=1S/C8H15N3O3/c1-10-4-7(12)11-2-3-14-5-6(11)8(9)13/h6,10H,2-5H2,1H3,(H2,9,13). The number of nitrogens with zero attached hydrogens (tertiary/aromatic N) is 1. The average Bonchev–Trinajstić information content (AvgIpc) is 2.18. The average molecular weight is 201 g/mol. The van der Waals surface area contributed by atoms with Gasteiger partial charge in [-0.25, -0.2) is 0 Å². The lowest BCUT2D eigenvalue weighted by atomic mass is 10.2. The maximum absolute atomic E-state index is 11.5. The number of morpholine rings is 1. The molecule has 1 fully saturated rings. The topological polar surface area (TPSA) is 84.7 Å². The van der Waals surface area contributed by atoms with Crippen molar-refractivity contribution < 1.29 is 14.3 Å². The molecule has 0 aromatic rings. The van der Waals surface area contributed by atoms with Crippen LogP contribution in [0.25, 0.3) is 0 Å². The van der Waals surface area contributed by atoms with Crippen molar-refractivity contribution >= 4 is 11.8 Å². The minimum absolute atomic E-state index is 0.125. The Bertz CT molecular complexity index is 232. The molecule has 0 aliphatic carbocycles. The predicted octanol–water partition coefficient (Wildman–Crippen LogP) is -2.08. The molecule has 1 rings (SSSR count). The van der Waals surface area contributed by atoms with E-state index in [1.54, 1.807) is 7.05 Å². The van der Waals surface area contributed by atoms with E-state index in [0.29, 0.717) is 13.2 Å². The first-order valence-corrected chi connectivity index (χ1v) is 4.48. The van der Waals surface area contributed by atoms with Gasteiger partial charge in [-0.1, -0.05) is 0 Å². The van der Waals surface area contributed by atoms with Crippen LogP contribution < -0.4 is 11.1 Å². The molecule has 6 heteroatoms. The Morgan fingerprint density at radius 1 is 1.64 bits per heavy atom. The maximum atomic E-state index is 11.5. The molecule has 1 heterocycles. The largest absolute Gasteiger partial charge is 0.377 e. The summed E-state index contributed by atoms with van der Waals surface area (Å²) in [5.74, 6) is -0.645. The van der Waals surface area contributed by atoms with Crippen molar-refractivity contribution in [1.82, 2.24) is 10.2 Å². The molecule has 1 saturated heterocycles. The number of ether oxygens (including phenoxy) is 1. The van der Waals surface area contributed by atoms with Crippen LogP contribution >= 0.6 is 0 Å². The van der Waals surface area contributed by atoms with E-state index in [4.69, 9.17) is 10.5 Å². The summed E-state index contributed by atoms with van der Waals surface area (Å²) in [6, 6.07) is -0.621.